The second-order valence-electron chi connectivity index (χ2n) is 15.6. The Bertz CT molecular complexity index is 1810. The first-order valence-electron chi connectivity index (χ1n) is 18.9. The highest BCUT2D eigenvalue weighted by molar-refractivity contribution is 7.92. The van der Waals surface area contributed by atoms with Gasteiger partial charge in [-0.3, -0.25) is 9.52 Å². The average Bonchev–Trinajstić information content (AvgIpc) is 3.25. The van der Waals surface area contributed by atoms with Gasteiger partial charge in [-0.05, 0) is 92.5 Å². The number of hydrogen-bond acceptors (Lipinski definition) is 8. The molecule has 0 radical (unpaired) electrons. The highest BCUT2D eigenvalue weighted by atomic mass is 32.2. The maximum atomic E-state index is 14.6. The Morgan fingerprint density at radius 3 is 2.81 bits per heavy atom. The SMILES string of the molecule is COC[C@@H]1CN(C(=O)NS2(=O)=NC(=O)c3ccc4c(c3)N(C[C@@H]3CC[C@H]3[C@@H](OC)/C=C/C[C@H](C)C2)C[C@@]2(CCCc3cc(C)ccc32)CO4)CCO1. The molecule has 2 aromatic rings. The molecule has 2 fully saturated rings. The average molecular weight is 735 g/mol. The van der Waals surface area contributed by atoms with Crippen molar-refractivity contribution in [3.05, 3.63) is 70.8 Å². The van der Waals surface area contributed by atoms with Crippen LogP contribution in [-0.2, 0) is 36.0 Å². The molecule has 11 nitrogen and oxygen atoms in total. The second-order valence-corrected chi connectivity index (χ2v) is 17.6. The predicted octanol–water partition coefficient (Wildman–Crippen LogP) is 5.69. The van der Waals surface area contributed by atoms with E-state index in [1.54, 1.807) is 25.2 Å². The van der Waals surface area contributed by atoms with Crippen molar-refractivity contribution in [1.29, 1.82) is 0 Å². The van der Waals surface area contributed by atoms with Gasteiger partial charge in [0.1, 0.15) is 15.7 Å². The molecule has 3 aliphatic heterocycles. The summed E-state index contributed by atoms with van der Waals surface area (Å²) in [6.45, 7) is 7.52. The minimum absolute atomic E-state index is 0.0198. The maximum Gasteiger partial charge on any atom is 0.330 e. The molecule has 12 heteroatoms. The number of allylic oxidation sites excluding steroid dienone is 1. The van der Waals surface area contributed by atoms with Gasteiger partial charge in [0, 0.05) is 44.8 Å². The van der Waals surface area contributed by atoms with E-state index in [1.807, 2.05) is 19.1 Å². The third-order valence-corrected chi connectivity index (χ3v) is 13.7. The maximum absolute atomic E-state index is 14.6. The minimum Gasteiger partial charge on any atom is -0.490 e. The van der Waals surface area contributed by atoms with Gasteiger partial charge in [-0.15, -0.1) is 4.36 Å². The highest BCUT2D eigenvalue weighted by Gasteiger charge is 2.44. The fourth-order valence-corrected chi connectivity index (χ4v) is 10.8. The number of benzene rings is 2. The molecule has 3 heterocycles. The number of aryl methyl sites for hydroxylation is 2. The Hall–Kier alpha value is -3.45. The van der Waals surface area contributed by atoms with Gasteiger partial charge in [-0.1, -0.05) is 42.8 Å². The van der Waals surface area contributed by atoms with Crippen molar-refractivity contribution in [2.45, 2.75) is 70.0 Å². The van der Waals surface area contributed by atoms with E-state index < -0.39 is 21.9 Å². The molecule has 1 spiro atoms. The van der Waals surface area contributed by atoms with Gasteiger partial charge >= 0.3 is 6.03 Å². The molecule has 7 atom stereocenters. The number of carbonyl (C=O) groups is 2. The van der Waals surface area contributed by atoms with Crippen LogP contribution in [0, 0.1) is 24.7 Å². The second kappa shape index (κ2) is 15.5. The van der Waals surface area contributed by atoms with Gasteiger partial charge < -0.3 is 28.7 Å². The van der Waals surface area contributed by atoms with Gasteiger partial charge in [-0.2, -0.15) is 0 Å². The first kappa shape index (κ1) is 36.9. The Morgan fingerprint density at radius 2 is 2.02 bits per heavy atom. The molecular weight excluding hydrogens is 681 g/mol. The zero-order valence-electron chi connectivity index (χ0n) is 31.0. The molecule has 3 amide bonds. The molecule has 1 N–H and O–H groups in total. The number of urea groups is 1. The number of ether oxygens (including phenoxy) is 4. The fourth-order valence-electron chi connectivity index (χ4n) is 8.92. The summed E-state index contributed by atoms with van der Waals surface area (Å²) < 4.78 is 45.4. The summed E-state index contributed by atoms with van der Waals surface area (Å²) in [5.74, 6) is 0.752. The number of nitrogens with zero attached hydrogens (tertiary/aromatic N) is 3. The van der Waals surface area contributed by atoms with Gasteiger partial charge in [0.05, 0.1) is 50.0 Å². The van der Waals surface area contributed by atoms with Crippen molar-refractivity contribution in [1.82, 2.24) is 9.62 Å². The zero-order valence-corrected chi connectivity index (χ0v) is 31.8. The molecule has 0 aromatic heterocycles. The van der Waals surface area contributed by atoms with E-state index in [4.69, 9.17) is 18.9 Å². The number of methoxy groups -OCH3 is 2. The van der Waals surface area contributed by atoms with Crippen molar-refractivity contribution < 1.29 is 32.7 Å². The first-order chi connectivity index (χ1) is 25.1. The van der Waals surface area contributed by atoms with Crippen LogP contribution in [0.2, 0.25) is 0 Å². The number of nitrogens with one attached hydrogen (secondary N) is 1. The van der Waals surface area contributed by atoms with Crippen molar-refractivity contribution in [3.8, 4) is 5.75 Å². The van der Waals surface area contributed by atoms with Crippen LogP contribution < -0.4 is 14.4 Å². The van der Waals surface area contributed by atoms with Gasteiger partial charge in [0.25, 0.3) is 5.91 Å². The summed E-state index contributed by atoms with van der Waals surface area (Å²) in [7, 11) is -0.160. The summed E-state index contributed by atoms with van der Waals surface area (Å²) >= 11 is 0. The quantitative estimate of drug-likeness (QED) is 0.399. The zero-order chi connectivity index (χ0) is 36.5. The van der Waals surface area contributed by atoms with Gasteiger partial charge in [-0.25, -0.2) is 9.00 Å². The standard InChI is InChI=1S/C40H54N4O7S/c1-27-10-14-34-29(19-27)8-6-16-40(34)25-44-21-31-11-13-33(31)36(49-4)9-5-7-28(2)24-52(47,42-39(46)43-17-18-50-32(22-43)23-48-3)41-38(45)30-12-15-37(51-26-40)35(44)20-30/h5,9-10,12,14-15,19-20,28,31-33,36H,6-8,11,13,16-18,21-26H2,1-4H3,(H,41,42,45,46,47)/b9-5+/t28-,31-,32-,33+,36-,40-,52?/m0/s1. The van der Waals surface area contributed by atoms with E-state index in [1.165, 1.54) is 16.7 Å². The van der Waals surface area contributed by atoms with Crippen LogP contribution >= 0.6 is 0 Å². The van der Waals surface area contributed by atoms with E-state index in [9.17, 15) is 13.8 Å². The van der Waals surface area contributed by atoms with Crippen LogP contribution in [0.4, 0.5) is 10.5 Å². The van der Waals surface area contributed by atoms with Crippen LogP contribution in [0.3, 0.4) is 0 Å². The van der Waals surface area contributed by atoms with Crippen molar-refractivity contribution >= 4 is 27.5 Å². The lowest BCUT2D eigenvalue weighted by Crippen LogP contribution is -2.52. The van der Waals surface area contributed by atoms with Crippen molar-refractivity contribution in [3.63, 3.8) is 0 Å². The number of morpholine rings is 1. The fraction of sp³-hybridized carbons (Fsp3) is 0.600. The number of amides is 3. The summed E-state index contributed by atoms with van der Waals surface area (Å²) in [6.07, 6.45) is 9.86. The van der Waals surface area contributed by atoms with Gasteiger partial charge in [0.15, 0.2) is 0 Å². The largest absolute Gasteiger partial charge is 0.490 e. The van der Waals surface area contributed by atoms with E-state index in [2.05, 4.69) is 51.3 Å². The number of carbonyl (C=O) groups excluding carboxylic acids is 2. The molecule has 2 bridgehead atoms. The molecular formula is C40H54N4O7S. The van der Waals surface area contributed by atoms with E-state index in [0.29, 0.717) is 50.2 Å². The Kier molecular flexibility index (Phi) is 11.0. The van der Waals surface area contributed by atoms with Crippen LogP contribution in [-0.4, -0.2) is 99.2 Å². The summed E-state index contributed by atoms with van der Waals surface area (Å²) in [5.41, 5.74) is 4.98. The third-order valence-electron chi connectivity index (χ3n) is 11.7. The topological polar surface area (TPSA) is 119 Å². The first-order valence-corrected chi connectivity index (χ1v) is 20.5. The molecule has 2 aliphatic carbocycles. The number of hydrogen-bond donors (Lipinski definition) is 1. The third kappa shape index (κ3) is 7.76. The Morgan fingerprint density at radius 1 is 1.15 bits per heavy atom. The lowest BCUT2D eigenvalue weighted by atomic mass is 9.68. The molecule has 1 unspecified atom stereocenters. The number of anilines is 1. The number of rotatable bonds is 4. The molecule has 52 heavy (non-hydrogen) atoms. The van der Waals surface area contributed by atoms with Crippen LogP contribution in [0.5, 0.6) is 5.75 Å². The molecule has 282 valence electrons. The van der Waals surface area contributed by atoms with Gasteiger partial charge in [0.2, 0.25) is 0 Å². The van der Waals surface area contributed by atoms with Crippen LogP contribution in [0.1, 0.15) is 66.1 Å². The van der Waals surface area contributed by atoms with E-state index >= 15 is 0 Å². The molecule has 2 aromatic carbocycles. The Balaban J connectivity index is 1.26. The Labute approximate surface area is 308 Å². The summed E-state index contributed by atoms with van der Waals surface area (Å²) in [6, 6.07) is 11.7. The van der Waals surface area contributed by atoms with Crippen LogP contribution in [0.25, 0.3) is 0 Å². The monoisotopic (exact) mass is 734 g/mol. The van der Waals surface area contributed by atoms with Crippen molar-refractivity contribution in [2.24, 2.45) is 22.1 Å². The lowest BCUT2D eigenvalue weighted by molar-refractivity contribution is -0.0489. The normalized spacial score (nSPS) is 32.7. The smallest absolute Gasteiger partial charge is 0.330 e. The molecule has 1 saturated carbocycles. The van der Waals surface area contributed by atoms with Crippen LogP contribution in [0.15, 0.2) is 52.9 Å². The van der Waals surface area contributed by atoms with Crippen molar-refractivity contribution in [2.75, 3.05) is 70.9 Å². The minimum atomic E-state index is -3.52. The summed E-state index contributed by atoms with van der Waals surface area (Å²) in [4.78, 5) is 31.6. The van der Waals surface area contributed by atoms with E-state index in [0.717, 1.165) is 56.6 Å². The van der Waals surface area contributed by atoms with E-state index in [-0.39, 0.29) is 35.8 Å². The molecule has 1 saturated heterocycles. The lowest BCUT2D eigenvalue weighted by Gasteiger charge is -2.46. The number of fused-ring (bicyclic) bond motifs is 4. The molecule has 7 rings (SSSR count). The highest BCUT2D eigenvalue weighted by Crippen LogP contribution is 2.47. The summed E-state index contributed by atoms with van der Waals surface area (Å²) in [5, 5.41) is 0. The molecule has 5 aliphatic rings. The predicted molar refractivity (Wildman–Crippen MR) is 201 cm³/mol.